The van der Waals surface area contributed by atoms with Gasteiger partial charge in [0.1, 0.15) is 0 Å². The second-order valence-corrected chi connectivity index (χ2v) is 5.86. The van der Waals surface area contributed by atoms with Gasteiger partial charge in [0.05, 0.1) is 0 Å². The van der Waals surface area contributed by atoms with Crippen LogP contribution in [0.2, 0.25) is 0 Å². The number of hydrogen-bond donors (Lipinski definition) is 2. The van der Waals surface area contributed by atoms with E-state index in [9.17, 15) is 0 Å². The van der Waals surface area contributed by atoms with E-state index in [4.69, 9.17) is 5.26 Å². The molecule has 5 heteroatoms. The molecule has 0 rings (SSSR count). The Hall–Kier alpha value is -1.28. The van der Waals surface area contributed by atoms with Crippen molar-refractivity contribution in [2.45, 2.75) is 33.6 Å². The molecule has 0 aromatic heterocycles. The van der Waals surface area contributed by atoms with E-state index in [1.165, 1.54) is 0 Å². The molecule has 2 N–H and O–H groups in total. The summed E-state index contributed by atoms with van der Waals surface area (Å²) in [6.07, 6.45) is 4.08. The van der Waals surface area contributed by atoms with Crippen LogP contribution >= 0.6 is 0 Å². The van der Waals surface area contributed by atoms with Gasteiger partial charge in [0.15, 0.2) is 6.19 Å². The molecule has 0 saturated heterocycles. The summed E-state index contributed by atoms with van der Waals surface area (Å²) in [4.78, 5) is 6.45. The fourth-order valence-electron chi connectivity index (χ4n) is 1.39. The normalized spacial score (nSPS) is 12.4. The summed E-state index contributed by atoms with van der Waals surface area (Å²) in [5, 5.41) is 14.3. The fourth-order valence-corrected chi connectivity index (χ4v) is 1.39. The van der Waals surface area contributed by atoms with Gasteiger partial charge in [-0.1, -0.05) is 20.8 Å². The average Bonchev–Trinajstić information content (AvgIpc) is 2.22. The topological polar surface area (TPSA) is 63.4 Å². The highest BCUT2D eigenvalue weighted by Crippen LogP contribution is 2.20. The summed E-state index contributed by atoms with van der Waals surface area (Å²) >= 11 is 0. The van der Waals surface area contributed by atoms with E-state index in [-0.39, 0.29) is 0 Å². The Kier molecular flexibility index (Phi) is 8.14. The van der Waals surface area contributed by atoms with Gasteiger partial charge in [0.25, 0.3) is 0 Å². The number of likely N-dealkylation sites (N-methyl/N-ethyl adjacent to an activating group) is 1. The average molecular weight is 253 g/mol. The molecule has 0 aliphatic heterocycles. The first-order valence-corrected chi connectivity index (χ1v) is 6.43. The van der Waals surface area contributed by atoms with Gasteiger partial charge in [0.2, 0.25) is 5.96 Å². The van der Waals surface area contributed by atoms with Crippen LogP contribution in [-0.2, 0) is 0 Å². The van der Waals surface area contributed by atoms with Gasteiger partial charge in [-0.3, -0.25) is 10.3 Å². The van der Waals surface area contributed by atoms with Crippen LogP contribution in [0.3, 0.4) is 0 Å². The van der Waals surface area contributed by atoms with Gasteiger partial charge in [-0.25, -0.2) is 0 Å². The zero-order valence-electron chi connectivity index (χ0n) is 12.4. The Bertz CT molecular complexity index is 283. The molecule has 0 bridgehead atoms. The summed E-state index contributed by atoms with van der Waals surface area (Å²) in [6, 6.07) is 0. The van der Waals surface area contributed by atoms with Gasteiger partial charge in [-0.05, 0) is 32.4 Å². The third-order valence-corrected chi connectivity index (χ3v) is 2.38. The van der Waals surface area contributed by atoms with Crippen molar-refractivity contribution < 1.29 is 0 Å². The Balaban J connectivity index is 3.97. The molecule has 0 atom stereocenters. The van der Waals surface area contributed by atoms with Crippen molar-refractivity contribution >= 4 is 5.96 Å². The lowest BCUT2D eigenvalue weighted by Crippen LogP contribution is -2.38. The predicted octanol–water partition coefficient (Wildman–Crippen LogP) is 1.39. The fraction of sp³-hybridized carbons (Fsp3) is 0.846. The van der Waals surface area contributed by atoms with Crippen LogP contribution in [0.5, 0.6) is 0 Å². The first-order chi connectivity index (χ1) is 8.35. The van der Waals surface area contributed by atoms with Crippen LogP contribution in [0.25, 0.3) is 0 Å². The van der Waals surface area contributed by atoms with Gasteiger partial charge < -0.3 is 10.2 Å². The Labute approximate surface area is 111 Å². The Morgan fingerprint density at radius 1 is 1.33 bits per heavy atom. The van der Waals surface area contributed by atoms with E-state index < -0.39 is 0 Å². The number of guanidine groups is 1. The molecule has 0 aromatic rings. The van der Waals surface area contributed by atoms with E-state index in [1.54, 1.807) is 0 Å². The van der Waals surface area contributed by atoms with E-state index in [2.05, 4.69) is 41.3 Å². The molecule has 0 unspecified atom stereocenters. The monoisotopic (exact) mass is 253 g/mol. The second kappa shape index (κ2) is 8.76. The molecule has 0 saturated carbocycles. The standard InChI is InChI=1S/C13H27N5/c1-13(2,3)7-6-8-15-12(17-11-14)16-9-10-18(4)5/h6-10H2,1-5H3,(H2,15,16,17). The molecule has 0 spiro atoms. The van der Waals surface area contributed by atoms with Crippen LogP contribution in [0.4, 0.5) is 0 Å². The van der Waals surface area contributed by atoms with Crippen LogP contribution in [0.15, 0.2) is 4.99 Å². The summed E-state index contributed by atoms with van der Waals surface area (Å²) in [5.74, 6) is 0.577. The van der Waals surface area contributed by atoms with Gasteiger partial charge in [-0.2, -0.15) is 5.26 Å². The molecule has 0 fully saturated rings. The molecular formula is C13H27N5. The lowest BCUT2D eigenvalue weighted by atomic mass is 9.91. The smallest absolute Gasteiger partial charge is 0.204 e. The highest BCUT2D eigenvalue weighted by atomic mass is 15.2. The first kappa shape index (κ1) is 16.7. The van der Waals surface area contributed by atoms with Crippen molar-refractivity contribution in [3.8, 4) is 6.19 Å². The molecule has 0 aliphatic rings. The largest absolute Gasteiger partial charge is 0.354 e. The SMILES string of the molecule is CN(C)CCNC(=NCCCC(C)(C)C)NC#N. The highest BCUT2D eigenvalue weighted by Gasteiger charge is 2.08. The van der Waals surface area contributed by atoms with Crippen molar-refractivity contribution in [1.29, 1.82) is 5.26 Å². The quantitative estimate of drug-likeness (QED) is 0.247. The summed E-state index contributed by atoms with van der Waals surface area (Å²) in [6.45, 7) is 9.10. The minimum Gasteiger partial charge on any atom is -0.354 e. The van der Waals surface area contributed by atoms with Crippen LogP contribution < -0.4 is 10.6 Å². The van der Waals surface area contributed by atoms with Crippen LogP contribution in [0, 0.1) is 16.9 Å². The molecule has 0 amide bonds. The van der Waals surface area contributed by atoms with Crippen molar-refractivity contribution in [2.75, 3.05) is 33.7 Å². The second-order valence-electron chi connectivity index (χ2n) is 5.86. The van der Waals surface area contributed by atoms with Crippen LogP contribution in [-0.4, -0.2) is 44.6 Å². The summed E-state index contributed by atoms with van der Waals surface area (Å²) < 4.78 is 0. The van der Waals surface area contributed by atoms with E-state index in [0.717, 1.165) is 32.5 Å². The summed E-state index contributed by atoms with van der Waals surface area (Å²) in [5.41, 5.74) is 0.344. The molecule has 0 aromatic carbocycles. The van der Waals surface area contributed by atoms with Gasteiger partial charge in [-0.15, -0.1) is 0 Å². The molecule has 18 heavy (non-hydrogen) atoms. The Morgan fingerprint density at radius 2 is 2.00 bits per heavy atom. The third kappa shape index (κ3) is 11.2. The van der Waals surface area contributed by atoms with E-state index in [0.29, 0.717) is 11.4 Å². The molecule has 5 nitrogen and oxygen atoms in total. The minimum atomic E-state index is 0.344. The molecular weight excluding hydrogens is 226 g/mol. The number of nitriles is 1. The number of nitrogens with zero attached hydrogens (tertiary/aromatic N) is 3. The maximum Gasteiger partial charge on any atom is 0.204 e. The number of nitrogens with one attached hydrogen (secondary N) is 2. The molecule has 104 valence electrons. The lowest BCUT2D eigenvalue weighted by molar-refractivity contribution is 0.368. The van der Waals surface area contributed by atoms with E-state index >= 15 is 0 Å². The first-order valence-electron chi connectivity index (χ1n) is 6.43. The summed E-state index contributed by atoms with van der Waals surface area (Å²) in [7, 11) is 4.03. The number of aliphatic imine (C=N–C) groups is 1. The Morgan fingerprint density at radius 3 is 2.50 bits per heavy atom. The zero-order valence-corrected chi connectivity index (χ0v) is 12.4. The van der Waals surface area contributed by atoms with Crippen LogP contribution in [0.1, 0.15) is 33.6 Å². The predicted molar refractivity (Wildman–Crippen MR) is 76.3 cm³/mol. The van der Waals surface area contributed by atoms with Gasteiger partial charge in [0, 0.05) is 19.6 Å². The van der Waals surface area contributed by atoms with Crippen molar-refractivity contribution in [2.24, 2.45) is 10.4 Å². The maximum atomic E-state index is 8.64. The van der Waals surface area contributed by atoms with Crippen molar-refractivity contribution in [1.82, 2.24) is 15.5 Å². The number of rotatable bonds is 6. The lowest BCUT2D eigenvalue weighted by Gasteiger charge is -2.17. The van der Waals surface area contributed by atoms with Crippen molar-refractivity contribution in [3.05, 3.63) is 0 Å². The molecule has 0 aliphatic carbocycles. The zero-order chi connectivity index (χ0) is 14.0. The number of hydrogen-bond acceptors (Lipinski definition) is 3. The molecule has 0 radical (unpaired) electrons. The third-order valence-electron chi connectivity index (χ3n) is 2.38. The maximum absolute atomic E-state index is 8.64. The van der Waals surface area contributed by atoms with Gasteiger partial charge >= 0.3 is 0 Å². The van der Waals surface area contributed by atoms with Crippen molar-refractivity contribution in [3.63, 3.8) is 0 Å². The minimum absolute atomic E-state index is 0.344. The highest BCUT2D eigenvalue weighted by molar-refractivity contribution is 5.81. The molecule has 0 heterocycles. The van der Waals surface area contributed by atoms with E-state index in [1.807, 2.05) is 20.3 Å².